The van der Waals surface area contributed by atoms with Crippen LogP contribution in [0.5, 0.6) is 0 Å². The molecule has 0 fully saturated rings. The van der Waals surface area contributed by atoms with Crippen LogP contribution in [-0.4, -0.2) is 31.6 Å². The molecule has 2 aromatic rings. The monoisotopic (exact) mass is 302 g/mol. The molecule has 1 aromatic carbocycles. The van der Waals surface area contributed by atoms with Crippen LogP contribution in [0.1, 0.15) is 24.7 Å². The first-order chi connectivity index (χ1) is 10.2. The minimum absolute atomic E-state index is 0.0812. The molecule has 0 saturated heterocycles. The van der Waals surface area contributed by atoms with E-state index in [0.717, 1.165) is 36.1 Å². The highest BCUT2D eigenvalue weighted by molar-refractivity contribution is 7.99. The van der Waals surface area contributed by atoms with Gasteiger partial charge in [-0.3, -0.25) is 9.36 Å². The van der Waals surface area contributed by atoms with E-state index in [9.17, 15) is 4.79 Å². The Hall–Kier alpha value is -2.33. The Morgan fingerprint density at radius 1 is 1.48 bits per heavy atom. The number of thioether (sulfide) groups is 1. The third kappa shape index (κ3) is 3.61. The van der Waals surface area contributed by atoms with E-state index < -0.39 is 5.97 Å². The van der Waals surface area contributed by atoms with Crippen LogP contribution in [0.2, 0.25) is 0 Å². The number of carbonyl (C=O) groups is 1. The number of hydrogen-bond donors (Lipinski definition) is 1. The number of rotatable bonds is 6. The van der Waals surface area contributed by atoms with Crippen molar-refractivity contribution in [3.05, 3.63) is 35.7 Å². The molecule has 0 unspecified atom stereocenters. The van der Waals surface area contributed by atoms with Crippen molar-refractivity contribution >= 4 is 17.7 Å². The van der Waals surface area contributed by atoms with Gasteiger partial charge in [0.15, 0.2) is 5.16 Å². The molecule has 0 spiro atoms. The summed E-state index contributed by atoms with van der Waals surface area (Å²) in [6, 6.07) is 9.20. The molecule has 1 heterocycles. The van der Waals surface area contributed by atoms with Gasteiger partial charge < -0.3 is 5.11 Å². The molecular weight excluding hydrogens is 288 g/mol. The molecule has 0 saturated carbocycles. The molecule has 0 aliphatic heterocycles. The number of aromatic nitrogens is 3. The lowest BCUT2D eigenvalue weighted by Crippen LogP contribution is -2.05. The fraction of sp³-hybridized carbons (Fsp3) is 0.286. The summed E-state index contributed by atoms with van der Waals surface area (Å²) in [6.45, 7) is 2.04. The molecule has 0 bridgehead atoms. The first-order valence-corrected chi connectivity index (χ1v) is 7.43. The van der Waals surface area contributed by atoms with Crippen molar-refractivity contribution in [2.45, 2.75) is 24.9 Å². The summed E-state index contributed by atoms with van der Waals surface area (Å²) >= 11 is 1.12. The molecule has 1 N–H and O–H groups in total. The molecule has 0 aliphatic rings. The maximum Gasteiger partial charge on any atom is 0.313 e. The summed E-state index contributed by atoms with van der Waals surface area (Å²) in [7, 11) is 0. The van der Waals surface area contributed by atoms with E-state index in [1.165, 1.54) is 0 Å². The number of carboxylic acid groups (broad SMARTS) is 1. The number of nitrogens with zero attached hydrogens (tertiary/aromatic N) is 4. The SMILES string of the molecule is CCCc1nnc(SCC(=O)O)n1-c1cccc(C#N)c1. The van der Waals surface area contributed by atoms with E-state index in [1.54, 1.807) is 18.2 Å². The highest BCUT2D eigenvalue weighted by atomic mass is 32.2. The van der Waals surface area contributed by atoms with Crippen LogP contribution < -0.4 is 0 Å². The normalized spacial score (nSPS) is 10.3. The molecular formula is C14H14N4O2S. The second-order valence-corrected chi connectivity index (χ2v) is 5.27. The standard InChI is InChI=1S/C14H14N4O2S/c1-2-4-12-16-17-14(21-9-13(19)20)18(12)11-6-3-5-10(7-11)8-15/h3,5-7H,2,4,9H2,1H3,(H,19,20). The molecule has 1 aromatic heterocycles. The predicted octanol–water partition coefficient (Wildman–Crippen LogP) is 2.27. The Balaban J connectivity index is 2.44. The van der Waals surface area contributed by atoms with Crippen molar-refractivity contribution in [1.82, 2.24) is 14.8 Å². The second-order valence-electron chi connectivity index (χ2n) is 4.33. The highest BCUT2D eigenvalue weighted by Gasteiger charge is 2.15. The third-order valence-corrected chi connectivity index (χ3v) is 3.65. The Labute approximate surface area is 126 Å². The number of aryl methyl sites for hydroxylation is 1. The molecule has 21 heavy (non-hydrogen) atoms. The van der Waals surface area contributed by atoms with Gasteiger partial charge in [-0.25, -0.2) is 0 Å². The van der Waals surface area contributed by atoms with Crippen molar-refractivity contribution in [3.63, 3.8) is 0 Å². The number of carboxylic acids is 1. The summed E-state index contributed by atoms with van der Waals surface area (Å²) in [5, 5.41) is 26.5. The minimum Gasteiger partial charge on any atom is -0.481 e. The Kier molecular flexibility index (Phi) is 4.95. The van der Waals surface area contributed by atoms with E-state index in [0.29, 0.717) is 10.7 Å². The molecule has 0 aliphatic carbocycles. The van der Waals surface area contributed by atoms with Crippen molar-refractivity contribution in [2.24, 2.45) is 0 Å². The number of hydrogen-bond acceptors (Lipinski definition) is 5. The maximum absolute atomic E-state index is 10.7. The van der Waals surface area contributed by atoms with Crippen molar-refractivity contribution in [1.29, 1.82) is 5.26 Å². The Morgan fingerprint density at radius 2 is 2.29 bits per heavy atom. The zero-order chi connectivity index (χ0) is 15.2. The highest BCUT2D eigenvalue weighted by Crippen LogP contribution is 2.23. The van der Waals surface area contributed by atoms with Crippen molar-refractivity contribution in [3.8, 4) is 11.8 Å². The average molecular weight is 302 g/mol. The van der Waals surface area contributed by atoms with Gasteiger partial charge in [0.1, 0.15) is 5.82 Å². The van der Waals surface area contributed by atoms with Gasteiger partial charge in [-0.15, -0.1) is 10.2 Å². The minimum atomic E-state index is -0.905. The maximum atomic E-state index is 10.7. The first kappa shape index (κ1) is 15.1. The van der Waals surface area contributed by atoms with E-state index in [4.69, 9.17) is 10.4 Å². The van der Waals surface area contributed by atoms with Gasteiger partial charge in [-0.2, -0.15) is 5.26 Å². The molecule has 2 rings (SSSR count). The number of benzene rings is 1. The van der Waals surface area contributed by atoms with Crippen molar-refractivity contribution < 1.29 is 9.90 Å². The lowest BCUT2D eigenvalue weighted by Gasteiger charge is -2.09. The van der Waals surface area contributed by atoms with Crippen LogP contribution in [0, 0.1) is 11.3 Å². The van der Waals surface area contributed by atoms with Crippen molar-refractivity contribution in [2.75, 3.05) is 5.75 Å². The van der Waals surface area contributed by atoms with Gasteiger partial charge in [0.25, 0.3) is 0 Å². The topological polar surface area (TPSA) is 91.8 Å². The summed E-state index contributed by atoms with van der Waals surface area (Å²) in [6.07, 6.45) is 1.64. The van der Waals surface area contributed by atoms with Gasteiger partial charge in [0.05, 0.1) is 23.1 Å². The summed E-state index contributed by atoms with van der Waals surface area (Å²) in [5.74, 6) is -0.222. The van der Waals surface area contributed by atoms with Gasteiger partial charge in [-0.1, -0.05) is 24.8 Å². The van der Waals surface area contributed by atoms with Crippen LogP contribution in [0.4, 0.5) is 0 Å². The third-order valence-electron chi connectivity index (χ3n) is 2.73. The molecule has 6 nitrogen and oxygen atoms in total. The fourth-order valence-electron chi connectivity index (χ4n) is 1.88. The summed E-state index contributed by atoms with van der Waals surface area (Å²) in [5.41, 5.74) is 1.31. The average Bonchev–Trinajstić information content (AvgIpc) is 2.88. The zero-order valence-corrected chi connectivity index (χ0v) is 12.3. The van der Waals surface area contributed by atoms with Crippen LogP contribution in [0.15, 0.2) is 29.4 Å². The molecule has 7 heteroatoms. The largest absolute Gasteiger partial charge is 0.481 e. The summed E-state index contributed by atoms with van der Waals surface area (Å²) in [4.78, 5) is 10.7. The molecule has 0 atom stereocenters. The Bertz CT molecular complexity index is 691. The number of nitriles is 1. The summed E-state index contributed by atoms with van der Waals surface area (Å²) < 4.78 is 1.82. The number of aliphatic carboxylic acids is 1. The lowest BCUT2D eigenvalue weighted by atomic mass is 10.2. The molecule has 108 valence electrons. The van der Waals surface area contributed by atoms with Crippen LogP contribution in [-0.2, 0) is 11.2 Å². The zero-order valence-electron chi connectivity index (χ0n) is 11.5. The quantitative estimate of drug-likeness (QED) is 0.823. The van der Waals surface area contributed by atoms with E-state index in [-0.39, 0.29) is 5.75 Å². The van der Waals surface area contributed by atoms with Gasteiger partial charge >= 0.3 is 5.97 Å². The van der Waals surface area contributed by atoms with Gasteiger partial charge in [0, 0.05) is 6.42 Å². The smallest absolute Gasteiger partial charge is 0.313 e. The molecule has 0 radical (unpaired) electrons. The first-order valence-electron chi connectivity index (χ1n) is 6.45. The van der Waals surface area contributed by atoms with Crippen LogP contribution in [0.25, 0.3) is 5.69 Å². The lowest BCUT2D eigenvalue weighted by molar-refractivity contribution is -0.133. The van der Waals surface area contributed by atoms with Gasteiger partial charge in [-0.05, 0) is 24.6 Å². The van der Waals surface area contributed by atoms with E-state index in [1.807, 2.05) is 17.6 Å². The Morgan fingerprint density at radius 3 is 2.95 bits per heavy atom. The van der Waals surface area contributed by atoms with Crippen LogP contribution >= 0.6 is 11.8 Å². The predicted molar refractivity (Wildman–Crippen MR) is 78.4 cm³/mol. The van der Waals surface area contributed by atoms with Gasteiger partial charge in [0.2, 0.25) is 0 Å². The van der Waals surface area contributed by atoms with E-state index >= 15 is 0 Å². The van der Waals surface area contributed by atoms with Crippen LogP contribution in [0.3, 0.4) is 0 Å². The second kappa shape index (κ2) is 6.90. The van der Waals surface area contributed by atoms with E-state index in [2.05, 4.69) is 16.3 Å². The molecule has 0 amide bonds. The fourth-order valence-corrected chi connectivity index (χ4v) is 2.57.